The van der Waals surface area contributed by atoms with Crippen molar-refractivity contribution >= 4 is 16.7 Å². The number of carbonyl (C=O) groups is 1. The maximum absolute atomic E-state index is 13.2. The van der Waals surface area contributed by atoms with E-state index in [-0.39, 0.29) is 11.1 Å². The number of carboxylic acid groups (broad SMARTS) is 1. The number of nitriles is 1. The topological polar surface area (TPSA) is 105 Å². The average Bonchev–Trinajstić information content (AvgIpc) is 2.90. The molecule has 5 aromatic rings. The lowest BCUT2D eigenvalue weighted by atomic mass is 10.0. The smallest absolute Gasteiger partial charge is 0.335 e. The second-order valence-electron chi connectivity index (χ2n) is 7.73. The first kappa shape index (κ1) is 21.6. The number of carboxylic acids is 1. The van der Waals surface area contributed by atoms with Crippen molar-refractivity contribution in [1.82, 2.24) is 9.78 Å². The number of nitrogens with zero attached hydrogens (tertiary/aromatic N) is 3. The Morgan fingerprint density at radius 3 is 2.03 bits per heavy atom. The van der Waals surface area contributed by atoms with Crippen LogP contribution >= 0.6 is 0 Å². The van der Waals surface area contributed by atoms with Gasteiger partial charge in [-0.3, -0.25) is 4.79 Å². The maximum Gasteiger partial charge on any atom is 0.335 e. The number of aromatic nitrogens is 2. The number of rotatable bonds is 5. The van der Waals surface area contributed by atoms with Crippen molar-refractivity contribution in [2.45, 2.75) is 0 Å². The molecule has 1 aromatic heterocycles. The summed E-state index contributed by atoms with van der Waals surface area (Å²) in [5.74, 6) is 0.179. The van der Waals surface area contributed by atoms with Gasteiger partial charge < -0.3 is 9.84 Å². The van der Waals surface area contributed by atoms with Crippen molar-refractivity contribution in [3.8, 4) is 34.5 Å². The number of benzene rings is 4. The molecule has 7 heteroatoms. The van der Waals surface area contributed by atoms with Gasteiger partial charge in [0.25, 0.3) is 5.56 Å². The molecule has 0 saturated carbocycles. The van der Waals surface area contributed by atoms with Gasteiger partial charge in [0.2, 0.25) is 0 Å². The first-order chi connectivity index (χ1) is 17.0. The Hall–Kier alpha value is -5.22. The van der Waals surface area contributed by atoms with Gasteiger partial charge in [-0.25, -0.2) is 4.79 Å². The SMILES string of the molecule is N#Cc1ccc(Oc2ccc(-c3nn(-c4ccc(C(=O)O)cc4)c(=O)c4ccccc34)cc2)cc1. The van der Waals surface area contributed by atoms with E-state index in [0.717, 1.165) is 5.56 Å². The molecule has 0 fully saturated rings. The van der Waals surface area contributed by atoms with Crippen molar-refractivity contribution in [3.63, 3.8) is 0 Å². The average molecular weight is 459 g/mol. The molecule has 0 aliphatic heterocycles. The molecule has 0 aliphatic rings. The Morgan fingerprint density at radius 2 is 1.43 bits per heavy atom. The van der Waals surface area contributed by atoms with Gasteiger partial charge >= 0.3 is 5.97 Å². The number of hydrogen-bond acceptors (Lipinski definition) is 5. The van der Waals surface area contributed by atoms with Crippen molar-refractivity contribution in [2.75, 3.05) is 0 Å². The minimum atomic E-state index is -1.04. The van der Waals surface area contributed by atoms with Crippen LogP contribution in [0.2, 0.25) is 0 Å². The van der Waals surface area contributed by atoms with Crippen LogP contribution in [-0.4, -0.2) is 20.9 Å². The molecule has 0 spiro atoms. The Balaban J connectivity index is 1.55. The molecule has 0 saturated heterocycles. The van der Waals surface area contributed by atoms with E-state index in [1.165, 1.54) is 16.8 Å². The molecular weight excluding hydrogens is 442 g/mol. The van der Waals surface area contributed by atoms with E-state index in [2.05, 4.69) is 11.2 Å². The summed E-state index contributed by atoms with van der Waals surface area (Å²) in [4.78, 5) is 24.4. The van der Waals surface area contributed by atoms with Crippen LogP contribution in [-0.2, 0) is 0 Å². The largest absolute Gasteiger partial charge is 0.478 e. The molecular formula is C28H17N3O4. The maximum atomic E-state index is 13.2. The molecule has 5 rings (SSSR count). The monoisotopic (exact) mass is 459 g/mol. The number of ether oxygens (including phenoxy) is 1. The second-order valence-corrected chi connectivity index (χ2v) is 7.73. The van der Waals surface area contributed by atoms with Gasteiger partial charge in [0.1, 0.15) is 11.5 Å². The van der Waals surface area contributed by atoms with E-state index in [9.17, 15) is 9.59 Å². The summed E-state index contributed by atoms with van der Waals surface area (Å²) in [6.45, 7) is 0. The van der Waals surface area contributed by atoms with E-state index < -0.39 is 5.97 Å². The third-order valence-corrected chi connectivity index (χ3v) is 5.51. The fourth-order valence-corrected chi connectivity index (χ4v) is 3.74. The van der Waals surface area contributed by atoms with Crippen LogP contribution in [0.4, 0.5) is 0 Å². The summed E-state index contributed by atoms with van der Waals surface area (Å²) in [6, 6.07) is 29.5. The third kappa shape index (κ3) is 4.24. The van der Waals surface area contributed by atoms with Crippen LogP contribution in [0.1, 0.15) is 15.9 Å². The van der Waals surface area contributed by atoms with Crippen LogP contribution in [0.3, 0.4) is 0 Å². The van der Waals surface area contributed by atoms with E-state index in [0.29, 0.717) is 39.2 Å². The molecule has 0 atom stereocenters. The minimum Gasteiger partial charge on any atom is -0.478 e. The summed E-state index contributed by atoms with van der Waals surface area (Å²) in [6.07, 6.45) is 0. The first-order valence-corrected chi connectivity index (χ1v) is 10.7. The van der Waals surface area contributed by atoms with Gasteiger partial charge in [-0.2, -0.15) is 15.0 Å². The Bertz CT molecular complexity index is 1650. The number of aromatic carboxylic acids is 1. The van der Waals surface area contributed by atoms with Crippen molar-refractivity contribution in [1.29, 1.82) is 5.26 Å². The summed E-state index contributed by atoms with van der Waals surface area (Å²) in [7, 11) is 0. The molecule has 0 aliphatic carbocycles. The second kappa shape index (κ2) is 8.96. The predicted octanol–water partition coefficient (Wildman–Crippen LogP) is 5.41. The summed E-state index contributed by atoms with van der Waals surface area (Å²) >= 11 is 0. The number of hydrogen-bond donors (Lipinski definition) is 1. The fourth-order valence-electron chi connectivity index (χ4n) is 3.74. The summed E-state index contributed by atoms with van der Waals surface area (Å²) in [5.41, 5.74) is 2.23. The standard InChI is InChI=1S/C28H17N3O4/c29-17-18-5-13-22(14-6-18)35-23-15-9-19(10-16-23)26-24-3-1-2-4-25(24)27(32)31(30-26)21-11-7-20(8-12-21)28(33)34/h1-16H,(H,33,34). The molecule has 0 bridgehead atoms. The zero-order valence-corrected chi connectivity index (χ0v) is 18.3. The highest BCUT2D eigenvalue weighted by atomic mass is 16.5. The van der Waals surface area contributed by atoms with Gasteiger partial charge in [0, 0.05) is 10.9 Å². The van der Waals surface area contributed by atoms with Crippen molar-refractivity contribution < 1.29 is 14.6 Å². The van der Waals surface area contributed by atoms with Gasteiger partial charge in [-0.05, 0) is 78.9 Å². The van der Waals surface area contributed by atoms with E-state index in [1.54, 1.807) is 60.7 Å². The molecule has 4 aromatic carbocycles. The molecule has 1 N–H and O–H groups in total. The van der Waals surface area contributed by atoms with Gasteiger partial charge in [0.15, 0.2) is 0 Å². The Kier molecular flexibility index (Phi) is 5.54. The highest BCUT2D eigenvalue weighted by Crippen LogP contribution is 2.29. The third-order valence-electron chi connectivity index (χ3n) is 5.51. The van der Waals surface area contributed by atoms with E-state index >= 15 is 0 Å². The highest BCUT2D eigenvalue weighted by Gasteiger charge is 2.14. The quantitative estimate of drug-likeness (QED) is 0.377. The van der Waals surface area contributed by atoms with Crippen LogP contribution in [0, 0.1) is 11.3 Å². The Morgan fingerprint density at radius 1 is 0.829 bits per heavy atom. The highest BCUT2D eigenvalue weighted by molar-refractivity contribution is 5.94. The lowest BCUT2D eigenvalue weighted by Crippen LogP contribution is -2.22. The van der Waals surface area contributed by atoms with Gasteiger partial charge in [-0.1, -0.05) is 18.2 Å². The summed E-state index contributed by atoms with van der Waals surface area (Å²) < 4.78 is 7.15. The first-order valence-electron chi connectivity index (χ1n) is 10.7. The minimum absolute atomic E-state index is 0.126. The molecule has 35 heavy (non-hydrogen) atoms. The van der Waals surface area contributed by atoms with Crippen LogP contribution in [0.5, 0.6) is 11.5 Å². The van der Waals surface area contributed by atoms with E-state index in [1.807, 2.05) is 24.3 Å². The normalized spacial score (nSPS) is 10.6. The predicted molar refractivity (Wildman–Crippen MR) is 131 cm³/mol. The van der Waals surface area contributed by atoms with Crippen molar-refractivity contribution in [2.24, 2.45) is 0 Å². The van der Waals surface area contributed by atoms with E-state index in [4.69, 9.17) is 15.1 Å². The molecule has 1 heterocycles. The van der Waals surface area contributed by atoms with Crippen LogP contribution < -0.4 is 10.3 Å². The lowest BCUT2D eigenvalue weighted by molar-refractivity contribution is 0.0697. The fraction of sp³-hybridized carbons (Fsp3) is 0. The molecule has 168 valence electrons. The molecule has 0 amide bonds. The zero-order valence-electron chi connectivity index (χ0n) is 18.3. The van der Waals surface area contributed by atoms with Gasteiger partial charge in [0.05, 0.1) is 34.0 Å². The van der Waals surface area contributed by atoms with Crippen LogP contribution in [0.15, 0.2) is 102 Å². The van der Waals surface area contributed by atoms with Crippen molar-refractivity contribution in [3.05, 3.63) is 119 Å². The molecule has 0 unspecified atom stereocenters. The number of fused-ring (bicyclic) bond motifs is 1. The lowest BCUT2D eigenvalue weighted by Gasteiger charge is -2.12. The summed E-state index contributed by atoms with van der Waals surface area (Å²) in [5, 5.41) is 23.9. The zero-order chi connectivity index (χ0) is 24.4. The molecule has 0 radical (unpaired) electrons. The molecule has 7 nitrogen and oxygen atoms in total. The Labute approximate surface area is 199 Å². The van der Waals surface area contributed by atoms with Gasteiger partial charge in [-0.15, -0.1) is 0 Å². The van der Waals surface area contributed by atoms with Crippen LogP contribution in [0.25, 0.3) is 27.7 Å².